The van der Waals surface area contributed by atoms with Gasteiger partial charge in [0.25, 0.3) is 5.91 Å². The molecule has 1 N–H and O–H groups in total. The van der Waals surface area contributed by atoms with Gasteiger partial charge in [-0.3, -0.25) is 9.48 Å². The Kier molecular flexibility index (Phi) is 3.66. The maximum Gasteiger partial charge on any atom is 0.276 e. The molecule has 20 heavy (non-hydrogen) atoms. The molecule has 0 atom stereocenters. The average molecular weight is 271 g/mol. The first-order valence-electron chi connectivity index (χ1n) is 6.72. The van der Waals surface area contributed by atoms with E-state index in [2.05, 4.69) is 31.2 Å². The number of carbonyl (C=O) groups is 1. The molecule has 1 aromatic heterocycles. The van der Waals surface area contributed by atoms with Crippen molar-refractivity contribution in [1.82, 2.24) is 9.78 Å². The van der Waals surface area contributed by atoms with Crippen molar-refractivity contribution in [2.45, 2.75) is 40.2 Å². The van der Waals surface area contributed by atoms with Crippen molar-refractivity contribution in [3.05, 3.63) is 47.3 Å². The molecule has 4 heteroatoms. The van der Waals surface area contributed by atoms with Crippen LogP contribution in [0.25, 0.3) is 0 Å². The molecule has 0 aliphatic carbocycles. The molecular weight excluding hydrogens is 250 g/mol. The molecule has 0 unspecified atom stereocenters. The topological polar surface area (TPSA) is 46.9 Å². The second kappa shape index (κ2) is 5.12. The fourth-order valence-electron chi connectivity index (χ4n) is 2.10. The van der Waals surface area contributed by atoms with Gasteiger partial charge >= 0.3 is 0 Å². The molecule has 0 bridgehead atoms. The Morgan fingerprint density at radius 1 is 1.15 bits per heavy atom. The maximum absolute atomic E-state index is 12.2. The lowest BCUT2D eigenvalue weighted by Crippen LogP contribution is -2.25. The SMILES string of the molecule is Cc1ccc(NC(=O)c2cc(C)n(C(C)(C)C)n2)cc1. The minimum Gasteiger partial charge on any atom is -0.321 e. The number of anilines is 1. The molecule has 1 aromatic carbocycles. The summed E-state index contributed by atoms with van der Waals surface area (Å²) >= 11 is 0. The zero-order valence-corrected chi connectivity index (χ0v) is 12.7. The molecule has 0 saturated carbocycles. The molecule has 0 aliphatic heterocycles. The highest BCUT2D eigenvalue weighted by atomic mass is 16.1. The predicted octanol–water partition coefficient (Wildman–Crippen LogP) is 3.51. The Morgan fingerprint density at radius 3 is 2.25 bits per heavy atom. The summed E-state index contributed by atoms with van der Waals surface area (Å²) in [5, 5.41) is 7.26. The summed E-state index contributed by atoms with van der Waals surface area (Å²) in [6.07, 6.45) is 0. The molecule has 0 radical (unpaired) electrons. The van der Waals surface area contributed by atoms with Crippen molar-refractivity contribution in [2.75, 3.05) is 5.32 Å². The Bertz CT molecular complexity index is 618. The number of hydrogen-bond acceptors (Lipinski definition) is 2. The summed E-state index contributed by atoms with van der Waals surface area (Å²) in [7, 11) is 0. The van der Waals surface area contributed by atoms with Crippen LogP contribution in [0.3, 0.4) is 0 Å². The molecule has 0 saturated heterocycles. The fourth-order valence-corrected chi connectivity index (χ4v) is 2.10. The first kappa shape index (κ1) is 14.3. The van der Waals surface area contributed by atoms with Crippen LogP contribution in [0.1, 0.15) is 42.5 Å². The molecule has 0 spiro atoms. The summed E-state index contributed by atoms with van der Waals surface area (Å²) < 4.78 is 1.87. The second-order valence-corrected chi connectivity index (χ2v) is 6.07. The minimum atomic E-state index is -0.181. The van der Waals surface area contributed by atoms with Crippen LogP contribution in [0, 0.1) is 13.8 Å². The van der Waals surface area contributed by atoms with E-state index in [1.165, 1.54) is 0 Å². The molecule has 106 valence electrons. The van der Waals surface area contributed by atoms with E-state index >= 15 is 0 Å². The van der Waals surface area contributed by atoms with Crippen molar-refractivity contribution in [3.63, 3.8) is 0 Å². The zero-order chi connectivity index (χ0) is 14.9. The van der Waals surface area contributed by atoms with Crippen molar-refractivity contribution >= 4 is 11.6 Å². The molecule has 0 aliphatic rings. The van der Waals surface area contributed by atoms with Crippen LogP contribution >= 0.6 is 0 Å². The lowest BCUT2D eigenvalue weighted by atomic mass is 10.1. The van der Waals surface area contributed by atoms with E-state index in [0.717, 1.165) is 16.9 Å². The highest BCUT2D eigenvalue weighted by Crippen LogP contribution is 2.17. The van der Waals surface area contributed by atoms with Crippen LogP contribution in [-0.2, 0) is 5.54 Å². The van der Waals surface area contributed by atoms with Gasteiger partial charge in [-0.15, -0.1) is 0 Å². The number of aromatic nitrogens is 2. The van der Waals surface area contributed by atoms with Crippen molar-refractivity contribution in [3.8, 4) is 0 Å². The lowest BCUT2D eigenvalue weighted by Gasteiger charge is -2.21. The van der Waals surface area contributed by atoms with Crippen LogP contribution in [0.2, 0.25) is 0 Å². The Labute approximate surface area is 119 Å². The lowest BCUT2D eigenvalue weighted by molar-refractivity contribution is 0.102. The standard InChI is InChI=1S/C16H21N3O/c1-11-6-8-13(9-7-11)17-15(20)14-10-12(2)19(18-14)16(3,4)5/h6-10H,1-5H3,(H,17,20). The monoisotopic (exact) mass is 271 g/mol. The Morgan fingerprint density at radius 2 is 1.75 bits per heavy atom. The van der Waals surface area contributed by atoms with Crippen molar-refractivity contribution < 1.29 is 4.79 Å². The highest BCUT2D eigenvalue weighted by Gasteiger charge is 2.20. The molecular formula is C16H21N3O. The van der Waals surface area contributed by atoms with Gasteiger partial charge in [0.15, 0.2) is 5.69 Å². The van der Waals surface area contributed by atoms with E-state index in [1.807, 2.05) is 48.9 Å². The van der Waals surface area contributed by atoms with Gasteiger partial charge in [-0.2, -0.15) is 5.10 Å². The van der Waals surface area contributed by atoms with Crippen molar-refractivity contribution in [2.24, 2.45) is 0 Å². The van der Waals surface area contributed by atoms with Crippen LogP contribution in [-0.4, -0.2) is 15.7 Å². The van der Waals surface area contributed by atoms with Crippen LogP contribution in [0.15, 0.2) is 30.3 Å². The van der Waals surface area contributed by atoms with E-state index in [9.17, 15) is 4.79 Å². The number of amides is 1. The van der Waals surface area contributed by atoms with Gasteiger partial charge in [0.2, 0.25) is 0 Å². The van der Waals surface area contributed by atoms with Gasteiger partial charge in [-0.05, 0) is 52.8 Å². The van der Waals surface area contributed by atoms with E-state index in [1.54, 1.807) is 0 Å². The number of nitrogens with one attached hydrogen (secondary N) is 1. The first-order chi connectivity index (χ1) is 9.27. The van der Waals surface area contributed by atoms with E-state index in [-0.39, 0.29) is 11.4 Å². The third kappa shape index (κ3) is 3.07. The quantitative estimate of drug-likeness (QED) is 0.908. The van der Waals surface area contributed by atoms with Gasteiger partial charge in [0, 0.05) is 11.4 Å². The predicted molar refractivity (Wildman–Crippen MR) is 81.1 cm³/mol. The van der Waals surface area contributed by atoms with Gasteiger partial charge < -0.3 is 5.32 Å². The van der Waals surface area contributed by atoms with E-state index < -0.39 is 0 Å². The van der Waals surface area contributed by atoms with E-state index in [0.29, 0.717) is 5.69 Å². The number of rotatable bonds is 2. The number of hydrogen-bond donors (Lipinski definition) is 1. The molecule has 1 amide bonds. The number of benzene rings is 1. The number of aryl methyl sites for hydroxylation is 2. The van der Waals surface area contributed by atoms with Gasteiger partial charge in [0.05, 0.1) is 5.54 Å². The molecule has 0 fully saturated rings. The maximum atomic E-state index is 12.2. The molecule has 4 nitrogen and oxygen atoms in total. The van der Waals surface area contributed by atoms with Gasteiger partial charge in [-0.1, -0.05) is 17.7 Å². The average Bonchev–Trinajstić information content (AvgIpc) is 2.74. The van der Waals surface area contributed by atoms with Gasteiger partial charge in [-0.25, -0.2) is 0 Å². The van der Waals surface area contributed by atoms with Crippen LogP contribution in [0.4, 0.5) is 5.69 Å². The normalized spacial score (nSPS) is 11.4. The van der Waals surface area contributed by atoms with Crippen LogP contribution < -0.4 is 5.32 Å². The second-order valence-electron chi connectivity index (χ2n) is 6.07. The van der Waals surface area contributed by atoms with E-state index in [4.69, 9.17) is 0 Å². The number of nitrogens with zero attached hydrogens (tertiary/aromatic N) is 2. The summed E-state index contributed by atoms with van der Waals surface area (Å²) in [6.45, 7) is 10.2. The Balaban J connectivity index is 2.20. The fraction of sp³-hybridized carbons (Fsp3) is 0.375. The van der Waals surface area contributed by atoms with Crippen LogP contribution in [0.5, 0.6) is 0 Å². The summed E-state index contributed by atoms with van der Waals surface area (Å²) in [6, 6.07) is 9.53. The largest absolute Gasteiger partial charge is 0.321 e. The minimum absolute atomic E-state index is 0.132. The van der Waals surface area contributed by atoms with Gasteiger partial charge in [0.1, 0.15) is 0 Å². The summed E-state index contributed by atoms with van der Waals surface area (Å²) in [5.41, 5.74) is 3.23. The molecule has 2 rings (SSSR count). The summed E-state index contributed by atoms with van der Waals surface area (Å²) in [5.74, 6) is -0.181. The third-order valence-corrected chi connectivity index (χ3v) is 3.06. The first-order valence-corrected chi connectivity index (χ1v) is 6.72. The smallest absolute Gasteiger partial charge is 0.276 e. The van der Waals surface area contributed by atoms with Crippen molar-refractivity contribution in [1.29, 1.82) is 0 Å². The zero-order valence-electron chi connectivity index (χ0n) is 12.7. The Hall–Kier alpha value is -2.10. The molecule has 2 aromatic rings. The number of carbonyl (C=O) groups excluding carboxylic acids is 1. The highest BCUT2D eigenvalue weighted by molar-refractivity contribution is 6.02. The third-order valence-electron chi connectivity index (χ3n) is 3.06. The summed E-state index contributed by atoms with van der Waals surface area (Å²) in [4.78, 5) is 12.2. The molecule has 1 heterocycles.